The quantitative estimate of drug-likeness (QED) is 0.209. The second-order valence-corrected chi connectivity index (χ2v) is 10.5. The van der Waals surface area contributed by atoms with Crippen LogP contribution >= 0.6 is 104 Å². The summed E-state index contributed by atoms with van der Waals surface area (Å²) in [5.41, 5.74) is 3.60. The molecule has 0 bridgehead atoms. The molecule has 0 aliphatic carbocycles. The van der Waals surface area contributed by atoms with Crippen LogP contribution in [-0.2, 0) is 0 Å². The first-order valence-electron chi connectivity index (χ1n) is 9.01. The monoisotopic (exact) mass is 613 g/mol. The molecule has 4 rings (SSSR count). The molecule has 0 amide bonds. The Morgan fingerprint density at radius 1 is 0.333 bits per heavy atom. The Balaban J connectivity index is 2.04. The molecule has 0 saturated heterocycles. The van der Waals surface area contributed by atoms with Gasteiger partial charge in [-0.3, -0.25) is 4.98 Å². The number of benzene rings is 3. The maximum Gasteiger partial charge on any atom is 0.0724 e. The molecule has 0 radical (unpaired) electrons. The number of rotatable bonds is 3. The molecule has 0 spiro atoms. The lowest BCUT2D eigenvalue weighted by Crippen LogP contribution is -1.94. The summed E-state index contributed by atoms with van der Waals surface area (Å²) in [7, 11) is 0. The number of hydrogen-bond donors (Lipinski definition) is 0. The lowest BCUT2D eigenvalue weighted by atomic mass is 9.94. The standard InChI is InChI=1S/C23H8Cl9N/c24-14-5-20(30)17(27)1-10(14)9-4-23(12-3-19(29)22(32)7-16(12)26)33-8-13(9)11-2-18(28)21(31)6-15(11)25/h1-8H. The predicted molar refractivity (Wildman–Crippen MR) is 146 cm³/mol. The smallest absolute Gasteiger partial charge is 0.0724 e. The Morgan fingerprint density at radius 2 is 0.697 bits per heavy atom. The molecule has 0 N–H and O–H groups in total. The van der Waals surface area contributed by atoms with E-state index in [0.717, 1.165) is 0 Å². The maximum absolute atomic E-state index is 6.56. The Kier molecular flexibility index (Phi) is 7.88. The van der Waals surface area contributed by atoms with Gasteiger partial charge in [0.2, 0.25) is 0 Å². The summed E-state index contributed by atoms with van der Waals surface area (Å²) in [5.74, 6) is 0. The zero-order valence-electron chi connectivity index (χ0n) is 16.0. The van der Waals surface area contributed by atoms with Gasteiger partial charge in [0.1, 0.15) is 0 Å². The Bertz CT molecular complexity index is 1420. The van der Waals surface area contributed by atoms with Crippen molar-refractivity contribution in [2.75, 3.05) is 0 Å². The molecule has 1 aromatic heterocycles. The third kappa shape index (κ3) is 5.19. The van der Waals surface area contributed by atoms with Crippen molar-refractivity contribution < 1.29 is 0 Å². The molecule has 10 heteroatoms. The van der Waals surface area contributed by atoms with E-state index >= 15 is 0 Å². The number of nitrogens with zero attached hydrogens (tertiary/aromatic N) is 1. The van der Waals surface area contributed by atoms with Gasteiger partial charge in [-0.2, -0.15) is 0 Å². The molecule has 3 aromatic carbocycles. The minimum absolute atomic E-state index is 0.321. The van der Waals surface area contributed by atoms with Gasteiger partial charge in [-0.1, -0.05) is 104 Å². The van der Waals surface area contributed by atoms with Gasteiger partial charge in [-0.05, 0) is 48.0 Å². The lowest BCUT2D eigenvalue weighted by Gasteiger charge is -2.16. The van der Waals surface area contributed by atoms with E-state index in [1.165, 1.54) is 0 Å². The summed E-state index contributed by atoms with van der Waals surface area (Å²) < 4.78 is 0. The van der Waals surface area contributed by atoms with Gasteiger partial charge in [0.15, 0.2) is 0 Å². The van der Waals surface area contributed by atoms with E-state index in [0.29, 0.717) is 78.7 Å². The third-order valence-corrected chi connectivity index (χ3v) is 7.89. The fourth-order valence-corrected chi connectivity index (χ4v) is 5.16. The second kappa shape index (κ2) is 10.2. The second-order valence-electron chi connectivity index (χ2n) is 6.85. The first-order chi connectivity index (χ1) is 15.6. The largest absolute Gasteiger partial charge is 0.256 e. The molecule has 0 aliphatic heterocycles. The molecule has 0 saturated carbocycles. The summed E-state index contributed by atoms with van der Waals surface area (Å²) in [4.78, 5) is 4.58. The fourth-order valence-electron chi connectivity index (χ4n) is 3.22. The van der Waals surface area contributed by atoms with E-state index in [9.17, 15) is 0 Å². The summed E-state index contributed by atoms with van der Waals surface area (Å²) in [6.45, 7) is 0. The van der Waals surface area contributed by atoms with Crippen LogP contribution in [0.25, 0.3) is 33.5 Å². The Morgan fingerprint density at radius 3 is 1.18 bits per heavy atom. The molecule has 168 valence electrons. The van der Waals surface area contributed by atoms with Crippen molar-refractivity contribution in [2.45, 2.75) is 0 Å². The van der Waals surface area contributed by atoms with Crippen LogP contribution in [-0.4, -0.2) is 4.98 Å². The average molecular weight is 617 g/mol. The van der Waals surface area contributed by atoms with Crippen LogP contribution in [0.4, 0.5) is 0 Å². The van der Waals surface area contributed by atoms with Crippen LogP contribution in [0.3, 0.4) is 0 Å². The van der Waals surface area contributed by atoms with Crippen LogP contribution in [0.1, 0.15) is 0 Å². The molecular weight excluding hydrogens is 609 g/mol. The minimum Gasteiger partial charge on any atom is -0.256 e. The lowest BCUT2D eigenvalue weighted by molar-refractivity contribution is 1.32. The predicted octanol–water partition coefficient (Wildman–Crippen LogP) is 12.0. The van der Waals surface area contributed by atoms with Gasteiger partial charge in [0.25, 0.3) is 0 Å². The van der Waals surface area contributed by atoms with Crippen molar-refractivity contribution >= 4 is 104 Å². The normalized spacial score (nSPS) is 11.2. The van der Waals surface area contributed by atoms with E-state index in [1.54, 1.807) is 48.7 Å². The van der Waals surface area contributed by atoms with Crippen LogP contribution in [0.2, 0.25) is 45.2 Å². The molecule has 4 aromatic rings. The van der Waals surface area contributed by atoms with Gasteiger partial charge in [-0.15, -0.1) is 0 Å². The zero-order valence-corrected chi connectivity index (χ0v) is 22.8. The maximum atomic E-state index is 6.56. The highest BCUT2D eigenvalue weighted by Gasteiger charge is 2.19. The van der Waals surface area contributed by atoms with E-state index in [4.69, 9.17) is 104 Å². The Hall–Kier alpha value is -0.580. The highest BCUT2D eigenvalue weighted by Crippen LogP contribution is 2.45. The molecule has 33 heavy (non-hydrogen) atoms. The van der Waals surface area contributed by atoms with Gasteiger partial charge in [0, 0.05) is 28.5 Å². The van der Waals surface area contributed by atoms with Gasteiger partial charge in [0.05, 0.1) is 50.9 Å². The first kappa shape index (κ1) is 25.5. The van der Waals surface area contributed by atoms with E-state index in [1.807, 2.05) is 0 Å². The molecule has 0 fully saturated rings. The van der Waals surface area contributed by atoms with Crippen molar-refractivity contribution in [2.24, 2.45) is 0 Å². The highest BCUT2D eigenvalue weighted by atomic mass is 35.5. The fraction of sp³-hybridized carbons (Fsp3) is 0. The number of halogens is 9. The average Bonchev–Trinajstić information content (AvgIpc) is 2.76. The van der Waals surface area contributed by atoms with Crippen LogP contribution in [0.5, 0.6) is 0 Å². The number of hydrogen-bond acceptors (Lipinski definition) is 1. The molecule has 0 unspecified atom stereocenters. The summed E-state index contributed by atoms with van der Waals surface area (Å²) in [5, 5.41) is 3.10. The van der Waals surface area contributed by atoms with Crippen molar-refractivity contribution in [3.8, 4) is 33.5 Å². The summed E-state index contributed by atoms with van der Waals surface area (Å²) in [6, 6.07) is 11.4. The topological polar surface area (TPSA) is 12.9 Å². The van der Waals surface area contributed by atoms with Gasteiger partial charge in [-0.25, -0.2) is 0 Å². The SMILES string of the molecule is Clc1cc(Cl)c(-c2cc(-c3cc(Cl)c(Cl)cc3Cl)c(-c3cc(Cl)c(Cl)cc3Cl)cn2)cc1Cl. The molecule has 1 nitrogen and oxygen atoms in total. The number of pyridine rings is 1. The van der Waals surface area contributed by atoms with Crippen molar-refractivity contribution in [1.29, 1.82) is 0 Å². The van der Waals surface area contributed by atoms with Crippen LogP contribution in [0.15, 0.2) is 48.7 Å². The zero-order chi connectivity index (χ0) is 24.0. The third-order valence-electron chi connectivity index (χ3n) is 4.79. The van der Waals surface area contributed by atoms with Crippen molar-refractivity contribution in [1.82, 2.24) is 4.98 Å². The minimum atomic E-state index is 0.321. The summed E-state index contributed by atoms with van der Waals surface area (Å²) >= 11 is 56.6. The molecule has 0 aliphatic rings. The van der Waals surface area contributed by atoms with Crippen molar-refractivity contribution in [3.63, 3.8) is 0 Å². The first-order valence-corrected chi connectivity index (χ1v) is 12.4. The highest BCUT2D eigenvalue weighted by molar-refractivity contribution is 6.45. The van der Waals surface area contributed by atoms with Gasteiger partial charge >= 0.3 is 0 Å². The van der Waals surface area contributed by atoms with Crippen LogP contribution < -0.4 is 0 Å². The molecule has 0 atom stereocenters. The van der Waals surface area contributed by atoms with Crippen molar-refractivity contribution in [3.05, 3.63) is 93.9 Å². The van der Waals surface area contributed by atoms with Crippen LogP contribution in [0, 0.1) is 0 Å². The Labute approximate surface area is 235 Å². The van der Waals surface area contributed by atoms with E-state index < -0.39 is 0 Å². The van der Waals surface area contributed by atoms with E-state index in [-0.39, 0.29) is 0 Å². The van der Waals surface area contributed by atoms with Gasteiger partial charge < -0.3 is 0 Å². The molecular formula is C23H8Cl9N. The molecule has 1 heterocycles. The number of aromatic nitrogens is 1. The van der Waals surface area contributed by atoms with E-state index in [2.05, 4.69) is 4.98 Å². The summed E-state index contributed by atoms with van der Waals surface area (Å²) in [6.07, 6.45) is 1.63.